The maximum absolute atomic E-state index is 10.7. The Bertz CT molecular complexity index is 787. The molecule has 1 saturated heterocycles. The predicted octanol–water partition coefficient (Wildman–Crippen LogP) is 3.73. The second-order valence-electron chi connectivity index (χ2n) is 6.01. The van der Waals surface area contributed by atoms with E-state index in [0.29, 0.717) is 6.61 Å². The van der Waals surface area contributed by atoms with Gasteiger partial charge in [0.05, 0.1) is 7.11 Å². The molecule has 0 aromatic heterocycles. The van der Waals surface area contributed by atoms with Crippen LogP contribution in [-0.2, 0) is 0 Å². The number of ketones is 1. The molecule has 2 aliphatic carbocycles. The van der Waals surface area contributed by atoms with E-state index in [-0.39, 0.29) is 10.7 Å². The number of hydrogen-bond donors (Lipinski definition) is 1. The molecular weight excluding hydrogens is 366 g/mol. The van der Waals surface area contributed by atoms with Crippen molar-refractivity contribution in [1.29, 1.82) is 0 Å². The number of rotatable bonds is 5. The van der Waals surface area contributed by atoms with E-state index in [1.807, 2.05) is 67.2 Å². The molecule has 3 aliphatic rings. The van der Waals surface area contributed by atoms with E-state index in [4.69, 9.17) is 21.7 Å². The molecule has 1 unspecified atom stereocenters. The molecular formula is C20H21NO3S2. The van der Waals surface area contributed by atoms with E-state index < -0.39 is 0 Å². The van der Waals surface area contributed by atoms with Gasteiger partial charge in [0.2, 0.25) is 0 Å². The molecule has 5 rings (SSSR count). The average Bonchev–Trinajstić information content (AvgIpc) is 3.17. The van der Waals surface area contributed by atoms with E-state index >= 15 is 0 Å². The first-order valence-electron chi connectivity index (χ1n) is 8.36. The topological polar surface area (TPSA) is 47.6 Å². The summed E-state index contributed by atoms with van der Waals surface area (Å²) in [6.07, 6.45) is 0. The Kier molecular flexibility index (Phi) is 5.96. The van der Waals surface area contributed by atoms with E-state index in [0.717, 1.165) is 39.8 Å². The highest BCUT2D eigenvalue weighted by molar-refractivity contribution is 8.02. The third-order valence-corrected chi connectivity index (χ3v) is 6.26. The van der Waals surface area contributed by atoms with E-state index in [9.17, 15) is 4.79 Å². The van der Waals surface area contributed by atoms with Crippen molar-refractivity contribution >= 4 is 34.6 Å². The molecule has 26 heavy (non-hydrogen) atoms. The molecule has 1 heterocycles. The molecule has 2 aromatic carbocycles. The van der Waals surface area contributed by atoms with Gasteiger partial charge in [0.1, 0.15) is 11.5 Å². The number of ether oxygens (including phenoxy) is 2. The predicted molar refractivity (Wildman–Crippen MR) is 110 cm³/mol. The van der Waals surface area contributed by atoms with E-state index in [1.165, 1.54) is 0 Å². The van der Waals surface area contributed by atoms with Gasteiger partial charge in [-0.2, -0.15) is 0 Å². The fourth-order valence-corrected chi connectivity index (χ4v) is 4.17. The number of methoxy groups -OCH3 is 1. The Balaban J connectivity index is 0.000000201. The smallest absolute Gasteiger partial charge is 0.193 e. The lowest BCUT2D eigenvalue weighted by atomic mass is 9.92. The number of benzene rings is 2. The summed E-state index contributed by atoms with van der Waals surface area (Å²) >= 11 is 7.16. The van der Waals surface area contributed by atoms with Gasteiger partial charge in [0.25, 0.3) is 0 Å². The molecule has 136 valence electrons. The normalized spacial score (nSPS) is 19.8. The van der Waals surface area contributed by atoms with Crippen LogP contribution >= 0.6 is 24.0 Å². The SMILES string of the molecule is COc1ccccc1OCC1(C(C)=S)NCCS1.O=C1c2cccc1c2. The number of thioether (sulfide) groups is 1. The lowest BCUT2D eigenvalue weighted by Crippen LogP contribution is -2.48. The number of hydrogen-bond acceptors (Lipinski definition) is 6. The van der Waals surface area contributed by atoms with Crippen molar-refractivity contribution < 1.29 is 14.3 Å². The van der Waals surface area contributed by atoms with Gasteiger partial charge in [0, 0.05) is 28.3 Å². The van der Waals surface area contributed by atoms with Crippen LogP contribution in [0.4, 0.5) is 0 Å². The summed E-state index contributed by atoms with van der Waals surface area (Å²) in [5.41, 5.74) is 1.70. The molecule has 6 heteroatoms. The van der Waals surface area contributed by atoms with Crippen LogP contribution in [0.25, 0.3) is 0 Å². The molecule has 0 amide bonds. The second-order valence-corrected chi connectivity index (χ2v) is 8.01. The van der Waals surface area contributed by atoms with Gasteiger partial charge < -0.3 is 9.47 Å². The minimum Gasteiger partial charge on any atom is -0.493 e. The third kappa shape index (κ3) is 3.92. The minimum atomic E-state index is -0.240. The van der Waals surface area contributed by atoms with Crippen molar-refractivity contribution in [2.45, 2.75) is 11.8 Å². The van der Waals surface area contributed by atoms with Crippen LogP contribution in [0.15, 0.2) is 48.5 Å². The van der Waals surface area contributed by atoms with E-state index in [2.05, 4.69) is 5.32 Å². The maximum atomic E-state index is 10.7. The summed E-state index contributed by atoms with van der Waals surface area (Å²) in [7, 11) is 1.64. The Morgan fingerprint density at radius 2 is 1.88 bits per heavy atom. The molecule has 2 aromatic rings. The number of thiocarbonyl (C=S) groups is 1. The third-order valence-electron chi connectivity index (χ3n) is 4.32. The standard InChI is InChI=1S/C13H17NO2S2.C7H4O/c1-10(17)13(14-7-8-18-13)9-16-12-6-4-3-5-11(12)15-2;8-7-5-2-1-3-6(7)4-5/h3-6,14H,7-9H2,1-2H3;1-4H. The number of carbonyl (C=O) groups is 1. The fourth-order valence-electron chi connectivity index (χ4n) is 2.76. The first kappa shape index (κ1) is 18.9. The van der Waals surface area contributed by atoms with Crippen LogP contribution < -0.4 is 14.8 Å². The van der Waals surface area contributed by atoms with Crippen LogP contribution in [0.2, 0.25) is 0 Å². The van der Waals surface area contributed by atoms with Gasteiger partial charge in [-0.25, -0.2) is 0 Å². The van der Waals surface area contributed by atoms with Gasteiger partial charge in [-0.3, -0.25) is 10.1 Å². The number of fused-ring (bicyclic) bond motifs is 2. The van der Waals surface area contributed by atoms with Crippen molar-refractivity contribution in [3.05, 3.63) is 59.7 Å². The summed E-state index contributed by atoms with van der Waals surface area (Å²) in [4.78, 5) is 11.3. The van der Waals surface area contributed by atoms with Crippen LogP contribution in [0.1, 0.15) is 22.8 Å². The van der Waals surface area contributed by atoms with Crippen molar-refractivity contribution in [1.82, 2.24) is 5.32 Å². The number of para-hydroxylation sites is 2. The van der Waals surface area contributed by atoms with Crippen molar-refractivity contribution in [3.8, 4) is 11.5 Å². The summed E-state index contributed by atoms with van der Waals surface area (Å²) in [5.74, 6) is 2.76. The van der Waals surface area contributed by atoms with Gasteiger partial charge in [-0.1, -0.05) is 42.5 Å². The highest BCUT2D eigenvalue weighted by Gasteiger charge is 2.37. The highest BCUT2D eigenvalue weighted by atomic mass is 32.2. The minimum absolute atomic E-state index is 0.201. The zero-order valence-corrected chi connectivity index (χ0v) is 16.4. The number of carbonyl (C=O) groups excluding carboxylic acids is 1. The summed E-state index contributed by atoms with van der Waals surface area (Å²) in [5, 5.41) is 3.43. The van der Waals surface area contributed by atoms with Crippen LogP contribution in [-0.4, -0.2) is 41.5 Å². The quantitative estimate of drug-likeness (QED) is 0.673. The molecule has 1 N–H and O–H groups in total. The summed E-state index contributed by atoms with van der Waals surface area (Å²) in [6, 6.07) is 15.1. The molecule has 0 radical (unpaired) electrons. The monoisotopic (exact) mass is 387 g/mol. The molecule has 4 nitrogen and oxygen atoms in total. The Morgan fingerprint density at radius 1 is 1.19 bits per heavy atom. The Hall–Kier alpha value is -1.89. The average molecular weight is 388 g/mol. The molecule has 2 bridgehead atoms. The molecule has 0 spiro atoms. The van der Waals surface area contributed by atoms with Gasteiger partial charge >= 0.3 is 0 Å². The zero-order chi connectivity index (χ0) is 18.6. The van der Waals surface area contributed by atoms with Crippen molar-refractivity contribution in [2.24, 2.45) is 0 Å². The molecule has 1 fully saturated rings. The van der Waals surface area contributed by atoms with Crippen LogP contribution in [0.3, 0.4) is 0 Å². The molecule has 0 saturated carbocycles. The van der Waals surface area contributed by atoms with Crippen molar-refractivity contribution in [3.63, 3.8) is 0 Å². The van der Waals surface area contributed by atoms with Gasteiger partial charge in [-0.05, 0) is 25.1 Å². The summed E-state index contributed by atoms with van der Waals surface area (Å²) < 4.78 is 11.1. The summed E-state index contributed by atoms with van der Waals surface area (Å²) in [6.45, 7) is 3.45. The van der Waals surface area contributed by atoms with Gasteiger partial charge in [-0.15, -0.1) is 11.8 Å². The lowest BCUT2D eigenvalue weighted by molar-refractivity contribution is 0.102. The highest BCUT2D eigenvalue weighted by Crippen LogP contribution is 2.32. The second kappa shape index (κ2) is 8.20. The molecule has 1 atom stereocenters. The largest absolute Gasteiger partial charge is 0.493 e. The maximum Gasteiger partial charge on any atom is 0.193 e. The Labute approximate surface area is 163 Å². The first-order valence-corrected chi connectivity index (χ1v) is 9.76. The fraction of sp³-hybridized carbons (Fsp3) is 0.300. The lowest BCUT2D eigenvalue weighted by Gasteiger charge is -2.28. The molecule has 1 aliphatic heterocycles. The van der Waals surface area contributed by atoms with Crippen LogP contribution in [0, 0.1) is 0 Å². The zero-order valence-electron chi connectivity index (χ0n) is 14.8. The van der Waals surface area contributed by atoms with E-state index in [1.54, 1.807) is 7.11 Å². The first-order chi connectivity index (χ1) is 12.6. The van der Waals surface area contributed by atoms with Crippen molar-refractivity contribution in [2.75, 3.05) is 26.0 Å². The van der Waals surface area contributed by atoms with Crippen LogP contribution in [0.5, 0.6) is 11.5 Å². The number of nitrogens with one attached hydrogen (secondary N) is 1. The van der Waals surface area contributed by atoms with Gasteiger partial charge in [0.15, 0.2) is 17.3 Å². The Morgan fingerprint density at radius 3 is 2.35 bits per heavy atom.